The van der Waals surface area contributed by atoms with Gasteiger partial charge in [-0.05, 0) is 55.0 Å². The van der Waals surface area contributed by atoms with Gasteiger partial charge in [0.2, 0.25) is 5.91 Å². The number of carbonyl (C=O) groups excluding carboxylic acids is 2. The molecule has 0 bridgehead atoms. The van der Waals surface area contributed by atoms with Crippen molar-refractivity contribution in [1.29, 1.82) is 0 Å². The number of aromatic nitrogens is 2. The van der Waals surface area contributed by atoms with Crippen LogP contribution in [0, 0.1) is 6.92 Å². The molecule has 7 heteroatoms. The summed E-state index contributed by atoms with van der Waals surface area (Å²) in [7, 11) is 0. The zero-order valence-electron chi connectivity index (χ0n) is 13.9. The standard InChI is InChI=1S/C19H15ClN4O2/c1-11-16(10-24(23-11)15-5-2-13(20)3-6-15)19(26)21-14-4-7-17-12(8-14)9-18(25)22-17/h2-8,10H,9H2,1H3,(H,21,26)(H,22,25). The highest BCUT2D eigenvalue weighted by molar-refractivity contribution is 6.30. The summed E-state index contributed by atoms with van der Waals surface area (Å²) >= 11 is 5.91. The van der Waals surface area contributed by atoms with Crippen molar-refractivity contribution in [2.45, 2.75) is 13.3 Å². The van der Waals surface area contributed by atoms with Gasteiger partial charge in [0.25, 0.3) is 5.91 Å². The van der Waals surface area contributed by atoms with Gasteiger partial charge in [0.05, 0.1) is 23.4 Å². The van der Waals surface area contributed by atoms with Gasteiger partial charge in [0, 0.05) is 22.6 Å². The van der Waals surface area contributed by atoms with Gasteiger partial charge in [-0.3, -0.25) is 9.59 Å². The van der Waals surface area contributed by atoms with Gasteiger partial charge in [-0.2, -0.15) is 5.10 Å². The zero-order chi connectivity index (χ0) is 18.3. The number of nitrogens with one attached hydrogen (secondary N) is 2. The van der Waals surface area contributed by atoms with Gasteiger partial charge in [-0.25, -0.2) is 4.68 Å². The summed E-state index contributed by atoms with van der Waals surface area (Å²) in [4.78, 5) is 24.1. The van der Waals surface area contributed by atoms with Gasteiger partial charge in [0.1, 0.15) is 0 Å². The minimum Gasteiger partial charge on any atom is -0.326 e. The van der Waals surface area contributed by atoms with E-state index in [2.05, 4.69) is 15.7 Å². The third-order valence-electron chi connectivity index (χ3n) is 4.22. The Hall–Kier alpha value is -3.12. The topological polar surface area (TPSA) is 76.0 Å². The molecule has 2 amide bonds. The molecule has 0 fully saturated rings. The Kier molecular flexibility index (Phi) is 3.97. The van der Waals surface area contributed by atoms with Crippen molar-refractivity contribution in [2.75, 3.05) is 10.6 Å². The highest BCUT2D eigenvalue weighted by Crippen LogP contribution is 2.26. The van der Waals surface area contributed by atoms with Crippen molar-refractivity contribution in [3.05, 3.63) is 70.5 Å². The van der Waals surface area contributed by atoms with E-state index in [0.717, 1.165) is 16.9 Å². The lowest BCUT2D eigenvalue weighted by Gasteiger charge is -2.06. The van der Waals surface area contributed by atoms with Crippen molar-refractivity contribution >= 4 is 34.8 Å². The van der Waals surface area contributed by atoms with Crippen LogP contribution >= 0.6 is 11.6 Å². The van der Waals surface area contributed by atoms with E-state index in [9.17, 15) is 9.59 Å². The molecule has 0 saturated carbocycles. The molecular weight excluding hydrogens is 352 g/mol. The molecule has 4 rings (SSSR count). The summed E-state index contributed by atoms with van der Waals surface area (Å²) in [6.45, 7) is 1.78. The SMILES string of the molecule is Cc1nn(-c2ccc(Cl)cc2)cc1C(=O)Nc1ccc2c(c1)CC(=O)N2. The molecule has 2 N–H and O–H groups in total. The molecule has 0 aliphatic carbocycles. The number of hydrogen-bond donors (Lipinski definition) is 2. The highest BCUT2D eigenvalue weighted by Gasteiger charge is 2.19. The number of halogens is 1. The summed E-state index contributed by atoms with van der Waals surface area (Å²) in [6, 6.07) is 12.6. The van der Waals surface area contributed by atoms with Crippen molar-refractivity contribution < 1.29 is 9.59 Å². The monoisotopic (exact) mass is 366 g/mol. The lowest BCUT2D eigenvalue weighted by Crippen LogP contribution is -2.12. The maximum Gasteiger partial charge on any atom is 0.259 e. The second-order valence-electron chi connectivity index (χ2n) is 6.10. The first-order valence-corrected chi connectivity index (χ1v) is 8.44. The second kappa shape index (κ2) is 6.31. The number of hydrogen-bond acceptors (Lipinski definition) is 3. The summed E-state index contributed by atoms with van der Waals surface area (Å²) in [5.41, 5.74) is 4.23. The van der Waals surface area contributed by atoms with Crippen LogP contribution in [0.2, 0.25) is 5.02 Å². The van der Waals surface area contributed by atoms with Gasteiger partial charge in [-0.1, -0.05) is 11.6 Å². The number of anilines is 2. The smallest absolute Gasteiger partial charge is 0.259 e. The van der Waals surface area contributed by atoms with E-state index in [1.807, 2.05) is 18.2 Å². The molecule has 0 spiro atoms. The number of aryl methyl sites for hydroxylation is 1. The molecule has 130 valence electrons. The maximum absolute atomic E-state index is 12.6. The van der Waals surface area contributed by atoms with E-state index in [1.165, 1.54) is 0 Å². The molecule has 6 nitrogen and oxygen atoms in total. The molecule has 2 aromatic carbocycles. The zero-order valence-corrected chi connectivity index (χ0v) is 14.7. The predicted molar refractivity (Wildman–Crippen MR) is 100 cm³/mol. The Balaban J connectivity index is 1.56. The minimum atomic E-state index is -0.250. The molecule has 0 radical (unpaired) electrons. The fourth-order valence-corrected chi connectivity index (χ4v) is 3.04. The minimum absolute atomic E-state index is 0.0384. The van der Waals surface area contributed by atoms with Crippen LogP contribution in [0.25, 0.3) is 5.69 Å². The fourth-order valence-electron chi connectivity index (χ4n) is 2.91. The van der Waals surface area contributed by atoms with Crippen LogP contribution in [0.1, 0.15) is 21.6 Å². The van der Waals surface area contributed by atoms with Crippen LogP contribution in [-0.4, -0.2) is 21.6 Å². The van der Waals surface area contributed by atoms with Crippen molar-refractivity contribution in [3.8, 4) is 5.69 Å². The molecule has 0 unspecified atom stereocenters. The second-order valence-corrected chi connectivity index (χ2v) is 6.54. The molecule has 1 aliphatic rings. The first-order valence-electron chi connectivity index (χ1n) is 8.06. The molecule has 26 heavy (non-hydrogen) atoms. The molecule has 0 saturated heterocycles. The number of amides is 2. The highest BCUT2D eigenvalue weighted by atomic mass is 35.5. The van der Waals surface area contributed by atoms with Crippen molar-refractivity contribution in [2.24, 2.45) is 0 Å². The third kappa shape index (κ3) is 3.07. The Morgan fingerprint density at radius 1 is 1.23 bits per heavy atom. The first kappa shape index (κ1) is 16.4. The summed E-state index contributed by atoms with van der Waals surface area (Å²) in [5.74, 6) is -0.288. The van der Waals surface area contributed by atoms with Crippen molar-refractivity contribution in [3.63, 3.8) is 0 Å². The maximum atomic E-state index is 12.6. The first-order chi connectivity index (χ1) is 12.5. The Morgan fingerprint density at radius 3 is 2.77 bits per heavy atom. The van der Waals surface area contributed by atoms with E-state index in [4.69, 9.17) is 11.6 Å². The third-order valence-corrected chi connectivity index (χ3v) is 4.47. The molecule has 0 atom stereocenters. The fraction of sp³-hybridized carbons (Fsp3) is 0.105. The van der Waals surface area contributed by atoms with Crippen LogP contribution in [0.3, 0.4) is 0 Å². The van der Waals surface area contributed by atoms with Crippen LogP contribution in [0.5, 0.6) is 0 Å². The van der Waals surface area contributed by atoms with Crippen LogP contribution < -0.4 is 10.6 Å². The Morgan fingerprint density at radius 2 is 2.00 bits per heavy atom. The molecular formula is C19H15ClN4O2. The normalized spacial score (nSPS) is 12.6. The number of carbonyl (C=O) groups is 2. The number of rotatable bonds is 3. The van der Waals surface area contributed by atoms with E-state index >= 15 is 0 Å². The van der Waals surface area contributed by atoms with E-state index in [0.29, 0.717) is 28.4 Å². The predicted octanol–water partition coefficient (Wildman–Crippen LogP) is 3.58. The Labute approximate surface area is 154 Å². The molecule has 2 heterocycles. The van der Waals surface area contributed by atoms with Gasteiger partial charge in [-0.15, -0.1) is 0 Å². The van der Waals surface area contributed by atoms with Crippen LogP contribution in [0.4, 0.5) is 11.4 Å². The lowest BCUT2D eigenvalue weighted by atomic mass is 10.1. The lowest BCUT2D eigenvalue weighted by molar-refractivity contribution is -0.115. The van der Waals surface area contributed by atoms with E-state index in [1.54, 1.807) is 42.1 Å². The van der Waals surface area contributed by atoms with Gasteiger partial charge < -0.3 is 10.6 Å². The van der Waals surface area contributed by atoms with E-state index < -0.39 is 0 Å². The van der Waals surface area contributed by atoms with Crippen LogP contribution in [-0.2, 0) is 11.2 Å². The average molecular weight is 367 g/mol. The molecule has 1 aliphatic heterocycles. The summed E-state index contributed by atoms with van der Waals surface area (Å²) in [6.07, 6.45) is 2.01. The van der Waals surface area contributed by atoms with Gasteiger partial charge in [0.15, 0.2) is 0 Å². The van der Waals surface area contributed by atoms with Crippen molar-refractivity contribution in [1.82, 2.24) is 9.78 Å². The molecule has 1 aromatic heterocycles. The summed E-state index contributed by atoms with van der Waals surface area (Å²) in [5, 5.41) is 10.7. The van der Waals surface area contributed by atoms with Gasteiger partial charge >= 0.3 is 0 Å². The quantitative estimate of drug-likeness (QED) is 0.743. The largest absolute Gasteiger partial charge is 0.326 e. The number of fused-ring (bicyclic) bond motifs is 1. The Bertz CT molecular complexity index is 1020. The van der Waals surface area contributed by atoms with Crippen LogP contribution in [0.15, 0.2) is 48.7 Å². The summed E-state index contributed by atoms with van der Waals surface area (Å²) < 4.78 is 1.64. The van der Waals surface area contributed by atoms with E-state index in [-0.39, 0.29) is 11.8 Å². The number of nitrogens with zero attached hydrogens (tertiary/aromatic N) is 2. The number of benzene rings is 2. The average Bonchev–Trinajstić information content (AvgIpc) is 3.17. The molecule has 3 aromatic rings.